The highest BCUT2D eigenvalue weighted by Gasteiger charge is 2.31. The zero-order chi connectivity index (χ0) is 12.4. The van der Waals surface area contributed by atoms with Crippen molar-refractivity contribution < 1.29 is 16.8 Å². The normalized spacial score (nSPS) is 12.9. The molecule has 0 bridgehead atoms. The van der Waals surface area contributed by atoms with E-state index in [0.717, 1.165) is 0 Å². The Kier molecular flexibility index (Phi) is 3.68. The van der Waals surface area contributed by atoms with Crippen molar-refractivity contribution in [2.24, 2.45) is 5.14 Å². The molecule has 2 N–H and O–H groups in total. The molecule has 90 valence electrons. The van der Waals surface area contributed by atoms with Crippen LogP contribution < -0.4 is 5.14 Å². The van der Waals surface area contributed by atoms with Gasteiger partial charge in [0, 0.05) is 6.54 Å². The van der Waals surface area contributed by atoms with Gasteiger partial charge in [0.25, 0.3) is 20.2 Å². The van der Waals surface area contributed by atoms with Gasteiger partial charge in [-0.25, -0.2) is 13.6 Å². The maximum Gasteiger partial charge on any atom is 0.290 e. The van der Waals surface area contributed by atoms with E-state index in [-0.39, 0.29) is 15.2 Å². The van der Waals surface area contributed by atoms with Crippen LogP contribution in [0.15, 0.2) is 35.2 Å². The predicted octanol–water partition coefficient (Wildman–Crippen LogP) is -0.0993. The maximum atomic E-state index is 11.9. The Balaban J connectivity index is 3.32. The van der Waals surface area contributed by atoms with Crippen LogP contribution in [0.4, 0.5) is 0 Å². The van der Waals surface area contributed by atoms with Crippen molar-refractivity contribution in [2.45, 2.75) is 11.8 Å². The molecule has 0 heterocycles. The molecule has 0 aromatic heterocycles. The van der Waals surface area contributed by atoms with Gasteiger partial charge >= 0.3 is 0 Å². The molecule has 1 aromatic rings. The fraction of sp³-hybridized carbons (Fsp3) is 0.250. The van der Waals surface area contributed by atoms with E-state index >= 15 is 0 Å². The fourth-order valence-electron chi connectivity index (χ4n) is 1.20. The van der Waals surface area contributed by atoms with E-state index in [9.17, 15) is 16.8 Å². The van der Waals surface area contributed by atoms with Crippen molar-refractivity contribution in [2.75, 3.05) is 6.54 Å². The largest absolute Gasteiger partial charge is 0.290 e. The molecule has 0 aliphatic carbocycles. The quantitative estimate of drug-likeness (QED) is 0.821. The van der Waals surface area contributed by atoms with Gasteiger partial charge < -0.3 is 0 Å². The van der Waals surface area contributed by atoms with Gasteiger partial charge in [-0.1, -0.05) is 28.8 Å². The molecule has 0 spiro atoms. The van der Waals surface area contributed by atoms with Crippen molar-refractivity contribution in [3.05, 3.63) is 30.3 Å². The lowest BCUT2D eigenvalue weighted by molar-refractivity contribution is 0.507. The molecule has 0 saturated carbocycles. The molecule has 1 rings (SSSR count). The van der Waals surface area contributed by atoms with Crippen molar-refractivity contribution in [3.8, 4) is 0 Å². The van der Waals surface area contributed by atoms with Gasteiger partial charge in [0.2, 0.25) is 0 Å². The van der Waals surface area contributed by atoms with E-state index in [1.165, 1.54) is 31.2 Å². The summed E-state index contributed by atoms with van der Waals surface area (Å²) < 4.78 is 46.2. The number of hydrogen-bond acceptors (Lipinski definition) is 4. The van der Waals surface area contributed by atoms with Crippen LogP contribution in [0.25, 0.3) is 0 Å². The smallest absolute Gasteiger partial charge is 0.215 e. The Hall–Kier alpha value is -0.960. The lowest BCUT2D eigenvalue weighted by Gasteiger charge is -2.17. The zero-order valence-electron chi connectivity index (χ0n) is 8.57. The highest BCUT2D eigenvalue weighted by molar-refractivity contribution is 8.03. The van der Waals surface area contributed by atoms with Crippen molar-refractivity contribution in [1.82, 2.24) is 3.71 Å². The molecule has 0 saturated heterocycles. The average Bonchev–Trinajstić information content (AvgIpc) is 2.17. The number of rotatable bonds is 4. The van der Waals surface area contributed by atoms with Crippen LogP contribution in [0.3, 0.4) is 0 Å². The summed E-state index contributed by atoms with van der Waals surface area (Å²) in [5, 5.41) is 4.83. The summed E-state index contributed by atoms with van der Waals surface area (Å²) in [5.74, 6) is 0. The number of benzene rings is 1. The highest BCUT2D eigenvalue weighted by atomic mass is 32.3. The summed E-state index contributed by atoms with van der Waals surface area (Å²) in [6.45, 7) is 1.15. The van der Waals surface area contributed by atoms with E-state index in [4.69, 9.17) is 5.14 Å². The second-order valence-electron chi connectivity index (χ2n) is 2.95. The first-order valence-corrected chi connectivity index (χ1v) is 7.35. The van der Waals surface area contributed by atoms with Crippen LogP contribution in [-0.4, -0.2) is 27.1 Å². The Morgan fingerprint density at radius 1 is 1.12 bits per heavy atom. The molecule has 6 nitrogen and oxygen atoms in total. The lowest BCUT2D eigenvalue weighted by atomic mass is 10.4. The van der Waals surface area contributed by atoms with Gasteiger partial charge in [0.05, 0.1) is 4.90 Å². The molecule has 0 radical (unpaired) electrons. The van der Waals surface area contributed by atoms with Crippen LogP contribution in [0.2, 0.25) is 0 Å². The minimum atomic E-state index is -4.28. The van der Waals surface area contributed by atoms with E-state index in [1.807, 2.05) is 0 Å². The summed E-state index contributed by atoms with van der Waals surface area (Å²) in [7, 11) is -8.36. The SMILES string of the molecule is CCN(S(N)(=O)=O)S(=O)(=O)c1ccccc1. The second-order valence-corrected chi connectivity index (χ2v) is 6.52. The number of nitrogens with zero attached hydrogens (tertiary/aromatic N) is 1. The number of hydrogen-bond donors (Lipinski definition) is 1. The summed E-state index contributed by atoms with van der Waals surface area (Å²) in [4.78, 5) is -0.106. The first kappa shape index (κ1) is 13.1. The predicted molar refractivity (Wildman–Crippen MR) is 59.1 cm³/mol. The highest BCUT2D eigenvalue weighted by Crippen LogP contribution is 2.16. The molecule has 8 heteroatoms. The van der Waals surface area contributed by atoms with Crippen LogP contribution in [0.5, 0.6) is 0 Å². The number of nitrogens with two attached hydrogens (primary N) is 1. The van der Waals surface area contributed by atoms with Crippen molar-refractivity contribution in [3.63, 3.8) is 0 Å². The van der Waals surface area contributed by atoms with Crippen LogP contribution in [-0.2, 0) is 20.2 Å². The van der Waals surface area contributed by atoms with Crippen LogP contribution >= 0.6 is 0 Å². The van der Waals surface area contributed by atoms with E-state index in [2.05, 4.69) is 0 Å². The molecular weight excluding hydrogens is 252 g/mol. The first-order chi connectivity index (χ1) is 7.30. The molecule has 0 atom stereocenters. The third-order valence-electron chi connectivity index (χ3n) is 1.85. The summed E-state index contributed by atoms with van der Waals surface area (Å²) in [5.41, 5.74) is 0. The van der Waals surface area contributed by atoms with Gasteiger partial charge in [0.15, 0.2) is 0 Å². The zero-order valence-corrected chi connectivity index (χ0v) is 10.2. The van der Waals surface area contributed by atoms with Gasteiger partial charge in [-0.3, -0.25) is 0 Å². The van der Waals surface area contributed by atoms with Crippen molar-refractivity contribution >= 4 is 20.2 Å². The van der Waals surface area contributed by atoms with E-state index < -0.39 is 20.2 Å². The maximum absolute atomic E-state index is 11.9. The average molecular weight is 264 g/mol. The summed E-state index contributed by atoms with van der Waals surface area (Å²) >= 11 is 0. The molecular formula is C8H12N2O4S2. The standard InChI is InChI=1S/C8H12N2O4S2/c1-2-10(16(9,13)14)15(11,12)8-6-4-3-5-7-8/h3-7H,2H2,1H3,(H2,9,13,14). The third-order valence-corrected chi connectivity index (χ3v) is 5.55. The van der Waals surface area contributed by atoms with Gasteiger partial charge in [-0.15, -0.1) is 0 Å². The first-order valence-electron chi connectivity index (χ1n) is 4.41. The van der Waals surface area contributed by atoms with E-state index in [1.54, 1.807) is 6.07 Å². The third kappa shape index (κ3) is 2.59. The number of sulfonamides is 1. The molecule has 0 fully saturated rings. The Morgan fingerprint density at radius 2 is 1.62 bits per heavy atom. The van der Waals surface area contributed by atoms with Gasteiger partial charge in [0.1, 0.15) is 0 Å². The molecule has 0 aliphatic rings. The molecule has 0 unspecified atom stereocenters. The molecule has 1 aromatic carbocycles. The van der Waals surface area contributed by atoms with Crippen LogP contribution in [0, 0.1) is 0 Å². The van der Waals surface area contributed by atoms with Gasteiger partial charge in [-0.05, 0) is 12.1 Å². The molecule has 0 amide bonds. The summed E-state index contributed by atoms with van der Waals surface area (Å²) in [6.07, 6.45) is 0. The molecule has 0 aliphatic heterocycles. The Bertz CT molecular complexity index is 551. The summed E-state index contributed by atoms with van der Waals surface area (Å²) in [6, 6.07) is 7.26. The Labute approximate surface area is 94.9 Å². The lowest BCUT2D eigenvalue weighted by Crippen LogP contribution is -2.41. The molecule has 16 heavy (non-hydrogen) atoms. The topological polar surface area (TPSA) is 97.5 Å². The van der Waals surface area contributed by atoms with Crippen LogP contribution in [0.1, 0.15) is 6.92 Å². The fourth-order valence-corrected chi connectivity index (χ4v) is 3.99. The van der Waals surface area contributed by atoms with E-state index in [0.29, 0.717) is 0 Å². The minimum Gasteiger partial charge on any atom is -0.215 e. The second kappa shape index (κ2) is 4.50. The van der Waals surface area contributed by atoms with Crippen molar-refractivity contribution in [1.29, 1.82) is 0 Å². The monoisotopic (exact) mass is 264 g/mol. The minimum absolute atomic E-state index is 0.106. The Morgan fingerprint density at radius 3 is 2.00 bits per heavy atom. The van der Waals surface area contributed by atoms with Gasteiger partial charge in [-0.2, -0.15) is 8.42 Å².